The highest BCUT2D eigenvalue weighted by Crippen LogP contribution is 1.85. The molecule has 52 valence electrons. The van der Waals surface area contributed by atoms with Gasteiger partial charge in [-0.25, -0.2) is 4.79 Å². The second-order valence-corrected chi connectivity index (χ2v) is 1.79. The highest BCUT2D eigenvalue weighted by atomic mass is 16.4. The first kappa shape index (κ1) is 7.97. The van der Waals surface area contributed by atoms with Crippen LogP contribution in [0.4, 0.5) is 0 Å². The summed E-state index contributed by atoms with van der Waals surface area (Å²) in [6.07, 6.45) is 1.28. The molecule has 0 spiro atoms. The Morgan fingerprint density at radius 2 is 2.22 bits per heavy atom. The molecule has 0 aromatic rings. The van der Waals surface area contributed by atoms with E-state index in [1.54, 1.807) is 6.92 Å². The summed E-state index contributed by atoms with van der Waals surface area (Å²) >= 11 is 0. The van der Waals surface area contributed by atoms with Crippen LogP contribution in [0, 0.1) is 0 Å². The van der Waals surface area contributed by atoms with Crippen LogP contribution in [0.3, 0.4) is 0 Å². The molecule has 1 atom stereocenters. The maximum atomic E-state index is 9.99. The van der Waals surface area contributed by atoms with Crippen molar-refractivity contribution in [1.82, 2.24) is 0 Å². The number of hydrogen-bond donors (Lipinski definition) is 3. The average molecular weight is 130 g/mol. The van der Waals surface area contributed by atoms with Gasteiger partial charge in [-0.1, -0.05) is 0 Å². The number of carbonyl (C=O) groups is 1. The molecule has 0 radical (unpaired) electrons. The van der Waals surface area contributed by atoms with Crippen molar-refractivity contribution in [3.05, 3.63) is 11.8 Å². The SMILES string of the molecule is CC(N)/C=C(\N)C(=O)O. The molecular weight excluding hydrogens is 120 g/mol. The van der Waals surface area contributed by atoms with Crippen LogP contribution in [0.5, 0.6) is 0 Å². The van der Waals surface area contributed by atoms with Crippen molar-refractivity contribution in [2.45, 2.75) is 13.0 Å². The van der Waals surface area contributed by atoms with Gasteiger partial charge in [0.2, 0.25) is 0 Å². The summed E-state index contributed by atoms with van der Waals surface area (Å²) in [6, 6.07) is -0.305. The van der Waals surface area contributed by atoms with Crippen molar-refractivity contribution < 1.29 is 9.90 Å². The van der Waals surface area contributed by atoms with E-state index in [1.807, 2.05) is 0 Å². The molecule has 0 aliphatic heterocycles. The lowest BCUT2D eigenvalue weighted by molar-refractivity contribution is -0.132. The standard InChI is InChI=1S/C5H10N2O2/c1-3(6)2-4(7)5(8)9/h2-3H,6-7H2,1H3,(H,8,9)/b4-2-. The summed E-state index contributed by atoms with van der Waals surface area (Å²) in [5.41, 5.74) is 10.0. The van der Waals surface area contributed by atoms with Crippen molar-refractivity contribution in [1.29, 1.82) is 0 Å². The molecule has 4 heteroatoms. The third kappa shape index (κ3) is 3.54. The van der Waals surface area contributed by atoms with Gasteiger partial charge in [-0.15, -0.1) is 0 Å². The van der Waals surface area contributed by atoms with E-state index in [2.05, 4.69) is 0 Å². The van der Waals surface area contributed by atoms with Crippen molar-refractivity contribution in [3.8, 4) is 0 Å². The predicted molar refractivity (Wildman–Crippen MR) is 33.6 cm³/mol. The van der Waals surface area contributed by atoms with Gasteiger partial charge in [-0.2, -0.15) is 0 Å². The highest BCUT2D eigenvalue weighted by Gasteiger charge is 1.99. The number of rotatable bonds is 2. The molecular formula is C5H10N2O2. The second-order valence-electron chi connectivity index (χ2n) is 1.79. The molecule has 0 rings (SSSR count). The lowest BCUT2D eigenvalue weighted by atomic mass is 10.3. The van der Waals surface area contributed by atoms with Crippen LogP contribution >= 0.6 is 0 Å². The normalized spacial score (nSPS) is 15.1. The van der Waals surface area contributed by atoms with E-state index in [0.717, 1.165) is 0 Å². The fraction of sp³-hybridized carbons (Fsp3) is 0.400. The number of carboxylic acid groups (broad SMARTS) is 1. The van der Waals surface area contributed by atoms with Crippen molar-refractivity contribution in [2.75, 3.05) is 0 Å². The number of hydrogen-bond acceptors (Lipinski definition) is 3. The van der Waals surface area contributed by atoms with Crippen molar-refractivity contribution in [3.63, 3.8) is 0 Å². The first-order valence-corrected chi connectivity index (χ1v) is 2.50. The maximum Gasteiger partial charge on any atom is 0.351 e. The molecule has 0 aliphatic carbocycles. The zero-order valence-corrected chi connectivity index (χ0v) is 5.16. The predicted octanol–water partition coefficient (Wildman–Crippen LogP) is -0.739. The average Bonchev–Trinajstić information content (AvgIpc) is 1.63. The number of aliphatic carboxylic acids is 1. The first-order chi connectivity index (χ1) is 4.04. The van der Waals surface area contributed by atoms with Crippen LogP contribution in [-0.2, 0) is 4.79 Å². The summed E-state index contributed by atoms with van der Waals surface area (Å²) in [5.74, 6) is -1.13. The minimum absolute atomic E-state index is 0.204. The van der Waals surface area contributed by atoms with Crippen LogP contribution in [-0.4, -0.2) is 17.1 Å². The molecule has 0 saturated carbocycles. The van der Waals surface area contributed by atoms with Gasteiger partial charge >= 0.3 is 5.97 Å². The molecule has 0 heterocycles. The monoisotopic (exact) mass is 130 g/mol. The van der Waals surface area contributed by atoms with E-state index in [1.165, 1.54) is 6.08 Å². The molecule has 9 heavy (non-hydrogen) atoms. The first-order valence-electron chi connectivity index (χ1n) is 2.50. The Hall–Kier alpha value is -1.03. The van der Waals surface area contributed by atoms with E-state index < -0.39 is 5.97 Å². The zero-order chi connectivity index (χ0) is 7.44. The summed E-state index contributed by atoms with van der Waals surface area (Å²) in [4.78, 5) is 9.99. The molecule has 0 aromatic carbocycles. The zero-order valence-electron chi connectivity index (χ0n) is 5.16. The van der Waals surface area contributed by atoms with Gasteiger partial charge in [0.25, 0.3) is 0 Å². The van der Waals surface area contributed by atoms with Crippen LogP contribution < -0.4 is 11.5 Å². The molecule has 0 aliphatic rings. The third-order valence-electron chi connectivity index (χ3n) is 0.689. The quantitative estimate of drug-likeness (QED) is 0.429. The lowest BCUT2D eigenvalue weighted by Gasteiger charge is -1.95. The van der Waals surface area contributed by atoms with Gasteiger partial charge in [0.1, 0.15) is 5.70 Å². The van der Waals surface area contributed by atoms with Crippen LogP contribution in [0.25, 0.3) is 0 Å². The lowest BCUT2D eigenvalue weighted by Crippen LogP contribution is -2.18. The summed E-state index contributed by atoms with van der Waals surface area (Å²) in [7, 11) is 0. The molecule has 5 N–H and O–H groups in total. The fourth-order valence-corrected chi connectivity index (χ4v) is 0.355. The largest absolute Gasteiger partial charge is 0.477 e. The molecule has 0 bridgehead atoms. The Kier molecular flexibility index (Phi) is 2.73. The number of carboxylic acids is 1. The van der Waals surface area contributed by atoms with E-state index in [4.69, 9.17) is 16.6 Å². The van der Waals surface area contributed by atoms with E-state index in [9.17, 15) is 4.79 Å². The molecule has 1 unspecified atom stereocenters. The Bertz CT molecular complexity index is 140. The molecule has 0 aromatic heterocycles. The van der Waals surface area contributed by atoms with Gasteiger partial charge in [0, 0.05) is 6.04 Å². The number of nitrogens with two attached hydrogens (primary N) is 2. The summed E-state index contributed by atoms with van der Waals surface area (Å²) in [6.45, 7) is 1.65. The maximum absolute atomic E-state index is 9.99. The second kappa shape index (κ2) is 3.09. The Balaban J connectivity index is 4.00. The topological polar surface area (TPSA) is 89.3 Å². The van der Waals surface area contributed by atoms with Gasteiger partial charge in [0.15, 0.2) is 0 Å². The Labute approximate surface area is 53.1 Å². The third-order valence-corrected chi connectivity index (χ3v) is 0.689. The van der Waals surface area contributed by atoms with Crippen LogP contribution in [0.15, 0.2) is 11.8 Å². The summed E-state index contributed by atoms with van der Waals surface area (Å²) in [5, 5.41) is 8.18. The van der Waals surface area contributed by atoms with Gasteiger partial charge in [-0.3, -0.25) is 0 Å². The highest BCUT2D eigenvalue weighted by molar-refractivity contribution is 5.85. The van der Waals surface area contributed by atoms with E-state index in [-0.39, 0.29) is 11.7 Å². The molecule has 0 amide bonds. The van der Waals surface area contributed by atoms with E-state index in [0.29, 0.717) is 0 Å². The fourth-order valence-electron chi connectivity index (χ4n) is 0.355. The Morgan fingerprint density at radius 3 is 2.33 bits per heavy atom. The summed E-state index contributed by atoms with van der Waals surface area (Å²) < 4.78 is 0. The smallest absolute Gasteiger partial charge is 0.351 e. The van der Waals surface area contributed by atoms with Gasteiger partial charge in [-0.05, 0) is 13.0 Å². The van der Waals surface area contributed by atoms with Gasteiger partial charge < -0.3 is 16.6 Å². The minimum Gasteiger partial charge on any atom is -0.477 e. The van der Waals surface area contributed by atoms with Crippen LogP contribution in [0.2, 0.25) is 0 Å². The van der Waals surface area contributed by atoms with Crippen molar-refractivity contribution >= 4 is 5.97 Å². The molecule has 0 fully saturated rings. The van der Waals surface area contributed by atoms with Crippen molar-refractivity contribution in [2.24, 2.45) is 11.5 Å². The van der Waals surface area contributed by atoms with E-state index >= 15 is 0 Å². The molecule has 4 nitrogen and oxygen atoms in total. The van der Waals surface area contributed by atoms with Gasteiger partial charge in [0.05, 0.1) is 0 Å². The Morgan fingerprint density at radius 1 is 1.78 bits per heavy atom. The molecule has 0 saturated heterocycles. The minimum atomic E-state index is -1.13. The van der Waals surface area contributed by atoms with Crippen LogP contribution in [0.1, 0.15) is 6.92 Å².